The maximum absolute atomic E-state index is 12.9. The summed E-state index contributed by atoms with van der Waals surface area (Å²) in [7, 11) is 1.65. The lowest BCUT2D eigenvalue weighted by Gasteiger charge is -2.29. The predicted molar refractivity (Wildman–Crippen MR) is 122 cm³/mol. The van der Waals surface area contributed by atoms with E-state index in [1.54, 1.807) is 24.3 Å². The molecule has 1 unspecified atom stereocenters. The average molecular weight is 465 g/mol. The summed E-state index contributed by atoms with van der Waals surface area (Å²) >= 11 is 0. The third kappa shape index (κ3) is 4.23. The summed E-state index contributed by atoms with van der Waals surface area (Å²) in [6.07, 6.45) is 5.18. The third-order valence-electron chi connectivity index (χ3n) is 6.91. The molecule has 0 bridgehead atoms. The highest BCUT2D eigenvalue weighted by Gasteiger charge is 2.39. The number of ether oxygens (including phenoxy) is 2. The highest BCUT2D eigenvalue weighted by Crippen LogP contribution is 2.31. The molecule has 2 saturated heterocycles. The number of hydrogen-bond donors (Lipinski definition) is 1. The van der Waals surface area contributed by atoms with Crippen molar-refractivity contribution >= 4 is 17.7 Å². The van der Waals surface area contributed by atoms with Gasteiger partial charge >= 0.3 is 0 Å². The Morgan fingerprint density at radius 1 is 1.18 bits per heavy atom. The van der Waals surface area contributed by atoms with E-state index in [0.29, 0.717) is 18.5 Å². The number of imide groups is 1. The highest BCUT2D eigenvalue weighted by atomic mass is 16.5. The molecule has 9 nitrogen and oxygen atoms in total. The lowest BCUT2D eigenvalue weighted by Crippen LogP contribution is -2.52. The Labute approximate surface area is 198 Å². The summed E-state index contributed by atoms with van der Waals surface area (Å²) < 4.78 is 11.6. The quantitative estimate of drug-likeness (QED) is 0.651. The number of aromatic nitrogens is 1. The molecule has 34 heavy (non-hydrogen) atoms. The molecule has 0 radical (unpaired) electrons. The molecule has 9 heteroatoms. The molecule has 3 aliphatic heterocycles. The van der Waals surface area contributed by atoms with Crippen LogP contribution >= 0.6 is 0 Å². The average Bonchev–Trinajstić information content (AvgIpc) is 3.39. The van der Waals surface area contributed by atoms with Gasteiger partial charge in [0.05, 0.1) is 13.3 Å². The van der Waals surface area contributed by atoms with Crippen LogP contribution < -0.4 is 14.8 Å². The van der Waals surface area contributed by atoms with Crippen molar-refractivity contribution < 1.29 is 23.9 Å². The van der Waals surface area contributed by atoms with Crippen molar-refractivity contribution in [3.05, 3.63) is 52.8 Å². The summed E-state index contributed by atoms with van der Waals surface area (Å²) in [5, 5.41) is 2.33. The van der Waals surface area contributed by atoms with Gasteiger partial charge in [-0.3, -0.25) is 29.6 Å². The van der Waals surface area contributed by atoms with Crippen LogP contribution in [0.2, 0.25) is 0 Å². The number of rotatable bonds is 6. The molecule has 2 aromatic rings. The molecule has 4 heterocycles. The number of likely N-dealkylation sites (tertiary alicyclic amines) is 1. The number of pyridine rings is 1. The van der Waals surface area contributed by atoms with Gasteiger partial charge in [-0.1, -0.05) is 0 Å². The van der Waals surface area contributed by atoms with Crippen LogP contribution in [-0.2, 0) is 22.7 Å². The maximum atomic E-state index is 12.9. The van der Waals surface area contributed by atoms with Crippen LogP contribution in [0.3, 0.4) is 0 Å². The summed E-state index contributed by atoms with van der Waals surface area (Å²) in [5.74, 6) is 0.655. The van der Waals surface area contributed by atoms with Crippen molar-refractivity contribution in [2.75, 3.05) is 20.2 Å². The molecule has 178 valence electrons. The number of methoxy groups -OCH3 is 1. The fourth-order valence-corrected chi connectivity index (χ4v) is 5.01. The zero-order valence-electron chi connectivity index (χ0n) is 19.4. The first-order chi connectivity index (χ1) is 16.4. The lowest BCUT2D eigenvalue weighted by atomic mass is 10.0. The molecule has 3 amide bonds. The van der Waals surface area contributed by atoms with Gasteiger partial charge in [-0.25, -0.2) is 0 Å². The van der Waals surface area contributed by atoms with E-state index < -0.39 is 11.9 Å². The van der Waals surface area contributed by atoms with Crippen molar-refractivity contribution in [3.8, 4) is 11.5 Å². The molecule has 3 aliphatic rings. The number of benzene rings is 1. The molecular formula is C25H28N4O5. The standard InChI is InChI=1S/C25H28N4O5/c1-15-17(10-26-11-22(15)33-2)12-28-8-7-19(14-28)34-18-3-4-20-16(9-18)13-29(25(20)32)21-5-6-23(30)27-24(21)31/h3-4,9-11,19,21H,5-8,12-14H2,1-2H3,(H,27,30,31)/t19-,21?/m0/s1. The topological polar surface area (TPSA) is 101 Å². The molecule has 1 aromatic heterocycles. The Kier molecular flexibility index (Phi) is 5.95. The first kappa shape index (κ1) is 22.3. The number of carbonyl (C=O) groups excluding carboxylic acids is 3. The number of nitrogens with zero attached hydrogens (tertiary/aromatic N) is 3. The molecule has 0 aliphatic carbocycles. The minimum absolute atomic E-state index is 0.0558. The van der Waals surface area contributed by atoms with Crippen LogP contribution in [0, 0.1) is 6.92 Å². The number of hydrogen-bond acceptors (Lipinski definition) is 7. The van der Waals surface area contributed by atoms with Crippen LogP contribution in [0.15, 0.2) is 30.6 Å². The lowest BCUT2D eigenvalue weighted by molar-refractivity contribution is -0.136. The minimum atomic E-state index is -0.611. The summed E-state index contributed by atoms with van der Waals surface area (Å²) in [4.78, 5) is 44.7. The first-order valence-electron chi connectivity index (χ1n) is 11.6. The molecule has 5 rings (SSSR count). The number of nitrogens with one attached hydrogen (secondary N) is 1. The van der Waals surface area contributed by atoms with E-state index in [-0.39, 0.29) is 24.3 Å². The van der Waals surface area contributed by atoms with Gasteiger partial charge in [-0.05, 0) is 54.7 Å². The van der Waals surface area contributed by atoms with E-state index in [1.807, 2.05) is 25.3 Å². The highest BCUT2D eigenvalue weighted by molar-refractivity contribution is 6.05. The second kappa shape index (κ2) is 9.06. The third-order valence-corrected chi connectivity index (χ3v) is 6.91. The first-order valence-corrected chi connectivity index (χ1v) is 11.6. The zero-order chi connectivity index (χ0) is 23.8. The fraction of sp³-hybridized carbons (Fsp3) is 0.440. The second-order valence-corrected chi connectivity index (χ2v) is 9.11. The number of fused-ring (bicyclic) bond motifs is 1. The van der Waals surface area contributed by atoms with Crippen LogP contribution in [0.25, 0.3) is 0 Å². The molecule has 1 N–H and O–H groups in total. The van der Waals surface area contributed by atoms with Gasteiger partial charge in [0.1, 0.15) is 23.6 Å². The van der Waals surface area contributed by atoms with E-state index in [4.69, 9.17) is 9.47 Å². The van der Waals surface area contributed by atoms with Crippen molar-refractivity contribution in [1.29, 1.82) is 0 Å². The molecule has 1 aromatic carbocycles. The molecule has 2 fully saturated rings. The Bertz CT molecular complexity index is 1150. The van der Waals surface area contributed by atoms with Crippen molar-refractivity contribution in [1.82, 2.24) is 20.1 Å². The Balaban J connectivity index is 1.21. The van der Waals surface area contributed by atoms with Crippen molar-refractivity contribution in [2.45, 2.75) is 51.4 Å². The normalized spacial score (nSPS) is 22.6. The zero-order valence-corrected chi connectivity index (χ0v) is 19.4. The van der Waals surface area contributed by atoms with E-state index in [0.717, 1.165) is 54.2 Å². The largest absolute Gasteiger partial charge is 0.495 e. The Morgan fingerprint density at radius 2 is 2.03 bits per heavy atom. The van der Waals surface area contributed by atoms with Gasteiger partial charge in [0.2, 0.25) is 11.8 Å². The van der Waals surface area contributed by atoms with Gasteiger partial charge in [-0.2, -0.15) is 0 Å². The maximum Gasteiger partial charge on any atom is 0.255 e. The summed E-state index contributed by atoms with van der Waals surface area (Å²) in [5.41, 5.74) is 3.68. The van der Waals surface area contributed by atoms with E-state index in [9.17, 15) is 14.4 Å². The summed E-state index contributed by atoms with van der Waals surface area (Å²) in [6, 6.07) is 4.89. The monoisotopic (exact) mass is 464 g/mol. The van der Waals surface area contributed by atoms with Crippen LogP contribution in [0.5, 0.6) is 11.5 Å². The van der Waals surface area contributed by atoms with Gasteiger partial charge in [-0.15, -0.1) is 0 Å². The number of piperidine rings is 1. The Hall–Kier alpha value is -3.46. The number of amides is 3. The van der Waals surface area contributed by atoms with Crippen LogP contribution in [-0.4, -0.2) is 64.9 Å². The van der Waals surface area contributed by atoms with Crippen molar-refractivity contribution in [3.63, 3.8) is 0 Å². The SMILES string of the molecule is COc1cncc(CN2CC[C@H](Oc3ccc4c(c3)CN(C3CCC(=O)NC3=O)C4=O)C2)c1C. The van der Waals surface area contributed by atoms with Crippen LogP contribution in [0.4, 0.5) is 0 Å². The minimum Gasteiger partial charge on any atom is -0.495 e. The summed E-state index contributed by atoms with van der Waals surface area (Å²) in [6.45, 7) is 4.90. The molecule has 0 saturated carbocycles. The van der Waals surface area contributed by atoms with Crippen LogP contribution in [0.1, 0.15) is 46.3 Å². The molecular weight excluding hydrogens is 436 g/mol. The van der Waals surface area contributed by atoms with Crippen molar-refractivity contribution in [2.24, 2.45) is 0 Å². The van der Waals surface area contributed by atoms with E-state index in [1.165, 1.54) is 0 Å². The predicted octanol–water partition coefficient (Wildman–Crippen LogP) is 1.81. The second-order valence-electron chi connectivity index (χ2n) is 9.11. The molecule has 2 atom stereocenters. The van der Waals surface area contributed by atoms with Gasteiger partial charge in [0.15, 0.2) is 0 Å². The smallest absolute Gasteiger partial charge is 0.255 e. The molecule has 0 spiro atoms. The van der Waals surface area contributed by atoms with E-state index in [2.05, 4.69) is 15.2 Å². The van der Waals surface area contributed by atoms with Gasteiger partial charge in [0, 0.05) is 44.4 Å². The Morgan fingerprint density at radius 3 is 2.82 bits per heavy atom. The van der Waals surface area contributed by atoms with E-state index >= 15 is 0 Å². The fourth-order valence-electron chi connectivity index (χ4n) is 5.01. The van der Waals surface area contributed by atoms with Gasteiger partial charge in [0.25, 0.3) is 5.91 Å². The van der Waals surface area contributed by atoms with Gasteiger partial charge < -0.3 is 14.4 Å². The number of carbonyl (C=O) groups is 3.